The summed E-state index contributed by atoms with van der Waals surface area (Å²) in [5.74, 6) is -1.96. The summed E-state index contributed by atoms with van der Waals surface area (Å²) in [7, 11) is 0. The van der Waals surface area contributed by atoms with Crippen LogP contribution in [0, 0.1) is 5.82 Å². The Bertz CT molecular complexity index is 878. The van der Waals surface area contributed by atoms with E-state index in [1.807, 2.05) is 0 Å². The molecule has 1 aliphatic rings. The third kappa shape index (κ3) is 3.11. The number of hydrogen-bond acceptors (Lipinski definition) is 3. The summed E-state index contributed by atoms with van der Waals surface area (Å²) < 4.78 is 13.6. The van der Waals surface area contributed by atoms with Crippen LogP contribution in [-0.2, 0) is 9.59 Å². The van der Waals surface area contributed by atoms with Gasteiger partial charge in [0, 0.05) is 4.47 Å². The average molecular weight is 389 g/mol. The molecule has 7 heteroatoms. The van der Waals surface area contributed by atoms with Crippen LogP contribution >= 0.6 is 15.9 Å². The number of amides is 4. The average Bonchev–Trinajstić information content (AvgIpc) is 2.53. The SMILES string of the molecule is O=C1NC(=O)N(c2cccc(Br)c2)C(=O)/C1=C/c1ccc(F)cc1. The smallest absolute Gasteiger partial charge is 0.273 e. The summed E-state index contributed by atoms with van der Waals surface area (Å²) in [5, 5.41) is 2.13. The molecule has 5 nitrogen and oxygen atoms in total. The Balaban J connectivity index is 2.01. The number of halogens is 2. The molecule has 0 radical (unpaired) electrons. The third-order valence-electron chi connectivity index (χ3n) is 3.35. The van der Waals surface area contributed by atoms with Crippen LogP contribution < -0.4 is 10.2 Å². The van der Waals surface area contributed by atoms with E-state index in [0.29, 0.717) is 15.7 Å². The molecule has 0 unspecified atom stereocenters. The number of urea groups is 1. The van der Waals surface area contributed by atoms with Gasteiger partial charge in [0.2, 0.25) is 0 Å². The molecule has 120 valence electrons. The van der Waals surface area contributed by atoms with E-state index in [9.17, 15) is 18.8 Å². The molecule has 0 aromatic heterocycles. The number of rotatable bonds is 2. The van der Waals surface area contributed by atoms with E-state index in [1.165, 1.54) is 30.3 Å². The van der Waals surface area contributed by atoms with Gasteiger partial charge in [0.15, 0.2) is 0 Å². The molecule has 2 aromatic rings. The van der Waals surface area contributed by atoms with Crippen molar-refractivity contribution in [3.05, 3.63) is 70.0 Å². The molecule has 1 heterocycles. The Morgan fingerprint density at radius 1 is 1.04 bits per heavy atom. The van der Waals surface area contributed by atoms with Crippen LogP contribution in [0.25, 0.3) is 6.08 Å². The summed E-state index contributed by atoms with van der Waals surface area (Å²) >= 11 is 3.27. The second-order valence-corrected chi connectivity index (χ2v) is 5.90. The number of hydrogen-bond donors (Lipinski definition) is 1. The van der Waals surface area contributed by atoms with Gasteiger partial charge in [-0.3, -0.25) is 14.9 Å². The Morgan fingerprint density at radius 2 is 1.75 bits per heavy atom. The van der Waals surface area contributed by atoms with Gasteiger partial charge in [-0.25, -0.2) is 14.1 Å². The molecule has 1 fully saturated rings. The highest BCUT2D eigenvalue weighted by molar-refractivity contribution is 9.10. The number of benzene rings is 2. The minimum atomic E-state index is -0.820. The van der Waals surface area contributed by atoms with Gasteiger partial charge >= 0.3 is 6.03 Å². The molecular weight excluding hydrogens is 379 g/mol. The fourth-order valence-corrected chi connectivity index (χ4v) is 2.62. The van der Waals surface area contributed by atoms with Gasteiger partial charge in [0.05, 0.1) is 5.69 Å². The fraction of sp³-hybridized carbons (Fsp3) is 0. The van der Waals surface area contributed by atoms with Crippen LogP contribution in [0.1, 0.15) is 5.56 Å². The number of nitrogens with zero attached hydrogens (tertiary/aromatic N) is 1. The second kappa shape index (κ2) is 6.37. The zero-order chi connectivity index (χ0) is 17.3. The topological polar surface area (TPSA) is 66.5 Å². The summed E-state index contributed by atoms with van der Waals surface area (Å²) in [6.07, 6.45) is 1.31. The minimum Gasteiger partial charge on any atom is -0.273 e. The Morgan fingerprint density at radius 3 is 2.42 bits per heavy atom. The first-order valence-electron chi connectivity index (χ1n) is 6.88. The lowest BCUT2D eigenvalue weighted by Crippen LogP contribution is -2.54. The maximum atomic E-state index is 13.0. The van der Waals surface area contributed by atoms with Crippen LogP contribution in [-0.4, -0.2) is 17.8 Å². The lowest BCUT2D eigenvalue weighted by atomic mass is 10.1. The number of carbonyl (C=O) groups is 3. The quantitative estimate of drug-likeness (QED) is 0.634. The molecule has 4 amide bonds. The van der Waals surface area contributed by atoms with Crippen molar-refractivity contribution in [1.29, 1.82) is 0 Å². The summed E-state index contributed by atoms with van der Waals surface area (Å²) in [4.78, 5) is 37.5. The van der Waals surface area contributed by atoms with Crippen molar-refractivity contribution in [2.45, 2.75) is 0 Å². The van der Waals surface area contributed by atoms with Crippen molar-refractivity contribution >= 4 is 45.5 Å². The van der Waals surface area contributed by atoms with Crippen molar-refractivity contribution in [3.63, 3.8) is 0 Å². The predicted molar refractivity (Wildman–Crippen MR) is 89.5 cm³/mol. The molecule has 0 atom stereocenters. The van der Waals surface area contributed by atoms with Crippen molar-refractivity contribution in [1.82, 2.24) is 5.32 Å². The van der Waals surface area contributed by atoms with Gasteiger partial charge in [-0.1, -0.05) is 34.1 Å². The first kappa shape index (κ1) is 16.1. The van der Waals surface area contributed by atoms with E-state index in [4.69, 9.17) is 0 Å². The zero-order valence-corrected chi connectivity index (χ0v) is 13.7. The molecule has 0 bridgehead atoms. The highest BCUT2D eigenvalue weighted by Gasteiger charge is 2.36. The Kier molecular flexibility index (Phi) is 4.26. The van der Waals surface area contributed by atoms with Gasteiger partial charge < -0.3 is 0 Å². The summed E-state index contributed by atoms with van der Waals surface area (Å²) in [6.45, 7) is 0. The van der Waals surface area contributed by atoms with E-state index < -0.39 is 23.7 Å². The van der Waals surface area contributed by atoms with Gasteiger partial charge in [-0.2, -0.15) is 0 Å². The molecule has 1 N–H and O–H groups in total. The fourth-order valence-electron chi connectivity index (χ4n) is 2.23. The third-order valence-corrected chi connectivity index (χ3v) is 3.84. The number of anilines is 1. The molecule has 0 saturated carbocycles. The summed E-state index contributed by atoms with van der Waals surface area (Å²) in [5.41, 5.74) is 0.587. The highest BCUT2D eigenvalue weighted by atomic mass is 79.9. The summed E-state index contributed by atoms with van der Waals surface area (Å²) in [6, 6.07) is 11.1. The zero-order valence-electron chi connectivity index (χ0n) is 12.1. The van der Waals surface area contributed by atoms with E-state index in [1.54, 1.807) is 24.3 Å². The molecule has 2 aromatic carbocycles. The number of carbonyl (C=O) groups excluding carboxylic acids is 3. The van der Waals surface area contributed by atoms with Crippen LogP contribution in [0.5, 0.6) is 0 Å². The van der Waals surface area contributed by atoms with E-state index in [0.717, 1.165) is 4.90 Å². The predicted octanol–water partition coefficient (Wildman–Crippen LogP) is 3.25. The van der Waals surface area contributed by atoms with Crippen LogP contribution in [0.3, 0.4) is 0 Å². The van der Waals surface area contributed by atoms with E-state index >= 15 is 0 Å². The molecule has 3 rings (SSSR count). The van der Waals surface area contributed by atoms with Crippen molar-refractivity contribution in [2.75, 3.05) is 4.90 Å². The van der Waals surface area contributed by atoms with Gasteiger partial charge in [-0.05, 0) is 42.0 Å². The maximum absolute atomic E-state index is 13.0. The van der Waals surface area contributed by atoms with Gasteiger partial charge in [-0.15, -0.1) is 0 Å². The molecule has 1 saturated heterocycles. The number of barbiturate groups is 1. The maximum Gasteiger partial charge on any atom is 0.335 e. The van der Waals surface area contributed by atoms with Crippen molar-refractivity contribution in [3.8, 4) is 0 Å². The van der Waals surface area contributed by atoms with Crippen molar-refractivity contribution < 1.29 is 18.8 Å². The van der Waals surface area contributed by atoms with Crippen LogP contribution in [0.2, 0.25) is 0 Å². The lowest BCUT2D eigenvalue weighted by Gasteiger charge is -2.26. The highest BCUT2D eigenvalue weighted by Crippen LogP contribution is 2.24. The monoisotopic (exact) mass is 388 g/mol. The van der Waals surface area contributed by atoms with E-state index in [-0.39, 0.29) is 5.57 Å². The molecule has 0 spiro atoms. The van der Waals surface area contributed by atoms with Gasteiger partial charge in [0.1, 0.15) is 11.4 Å². The van der Waals surface area contributed by atoms with Crippen LogP contribution in [0.4, 0.5) is 14.9 Å². The standard InChI is InChI=1S/C17H10BrFN2O3/c18-11-2-1-3-13(9-11)21-16(23)14(15(22)20-17(21)24)8-10-4-6-12(19)7-5-10/h1-9H,(H,20,22,24)/b14-8+. The largest absolute Gasteiger partial charge is 0.335 e. The Labute approximate surface area is 144 Å². The number of imide groups is 2. The second-order valence-electron chi connectivity index (χ2n) is 4.99. The normalized spacial score (nSPS) is 16.5. The molecular formula is C17H10BrFN2O3. The lowest BCUT2D eigenvalue weighted by molar-refractivity contribution is -0.122. The van der Waals surface area contributed by atoms with E-state index in [2.05, 4.69) is 21.2 Å². The number of nitrogens with one attached hydrogen (secondary N) is 1. The van der Waals surface area contributed by atoms with Crippen molar-refractivity contribution in [2.24, 2.45) is 0 Å². The molecule has 1 aliphatic heterocycles. The van der Waals surface area contributed by atoms with Crippen LogP contribution in [0.15, 0.2) is 58.6 Å². The molecule has 24 heavy (non-hydrogen) atoms. The molecule has 0 aliphatic carbocycles. The minimum absolute atomic E-state index is 0.207. The first-order chi connectivity index (χ1) is 11.5. The Hall–Kier alpha value is -2.80. The van der Waals surface area contributed by atoms with Gasteiger partial charge in [0.25, 0.3) is 11.8 Å². The first-order valence-corrected chi connectivity index (χ1v) is 7.67.